The number of nitrogens with zero attached hydrogens (tertiary/aromatic N) is 14. The zero-order valence-electron chi connectivity index (χ0n) is 42.0. The van der Waals surface area contributed by atoms with Gasteiger partial charge in [-0.05, 0) is 62.8 Å². The Morgan fingerprint density at radius 2 is 0.959 bits per heavy atom. The zero-order chi connectivity index (χ0) is 49.8. The van der Waals surface area contributed by atoms with Crippen LogP contribution in [0.3, 0.4) is 0 Å². The minimum absolute atomic E-state index is 0.320. The first-order valence-corrected chi connectivity index (χ1v) is 31.7. The third kappa shape index (κ3) is 9.07. The Kier molecular flexibility index (Phi) is 16.5. The summed E-state index contributed by atoms with van der Waals surface area (Å²) in [7, 11) is 0. The number of aromatic nitrogens is 8. The van der Waals surface area contributed by atoms with E-state index < -0.39 is 32.2 Å². The van der Waals surface area contributed by atoms with Gasteiger partial charge in [0.1, 0.15) is 9.49 Å². The van der Waals surface area contributed by atoms with Crippen LogP contribution in [0.5, 0.6) is 0 Å². The molecule has 8 saturated heterocycles. The first kappa shape index (κ1) is 52.2. The van der Waals surface area contributed by atoms with Gasteiger partial charge in [-0.2, -0.15) is 52.5 Å². The lowest BCUT2D eigenvalue weighted by atomic mass is 9.81. The summed E-state index contributed by atoms with van der Waals surface area (Å²) in [5.41, 5.74) is 3.25. The van der Waals surface area contributed by atoms with Crippen LogP contribution in [0.1, 0.15) is 71.8 Å². The van der Waals surface area contributed by atoms with Crippen molar-refractivity contribution in [2.24, 2.45) is 0 Å². The second kappa shape index (κ2) is 23.4. The molecular formula is C50H68N14O5S5. The first-order valence-electron chi connectivity index (χ1n) is 26.6. The van der Waals surface area contributed by atoms with Crippen LogP contribution in [-0.2, 0) is 39.6 Å². The van der Waals surface area contributed by atoms with Gasteiger partial charge in [0.2, 0.25) is 0 Å². The topological polar surface area (TPSA) is 177 Å². The average molecular weight is 1110 g/mol. The van der Waals surface area contributed by atoms with Crippen molar-refractivity contribution in [3.63, 3.8) is 0 Å². The number of thioether (sulfide) groups is 4. The lowest BCUT2D eigenvalue weighted by Gasteiger charge is -2.71. The molecule has 0 aliphatic carbocycles. The quantitative estimate of drug-likeness (QED) is 0.196. The molecule has 4 aromatic heterocycles. The number of hydrogen-bond donors (Lipinski definition) is 0. The Balaban J connectivity index is 1.19. The molecule has 0 amide bonds. The van der Waals surface area contributed by atoms with Gasteiger partial charge in [-0.25, -0.2) is 4.21 Å². The van der Waals surface area contributed by atoms with E-state index >= 15 is 4.21 Å². The minimum Gasteiger partial charge on any atom is -0.379 e. The Labute approximate surface area is 454 Å². The van der Waals surface area contributed by atoms with Crippen molar-refractivity contribution in [2.75, 3.05) is 128 Å². The van der Waals surface area contributed by atoms with Crippen LogP contribution >= 0.6 is 47.0 Å². The molecule has 8 unspecified atom stereocenters. The molecule has 0 aromatic carbocycles. The van der Waals surface area contributed by atoms with Crippen LogP contribution in [-0.4, -0.2) is 225 Å². The van der Waals surface area contributed by atoms with Crippen molar-refractivity contribution in [1.29, 1.82) is 0 Å². The van der Waals surface area contributed by atoms with Crippen LogP contribution in [0.2, 0.25) is 0 Å². The summed E-state index contributed by atoms with van der Waals surface area (Å²) in [6.07, 6.45) is 19.1. The summed E-state index contributed by atoms with van der Waals surface area (Å²) in [4.78, 5) is 30.2. The summed E-state index contributed by atoms with van der Waals surface area (Å²) in [6.45, 7) is 9.55. The SMILES string of the molecule is O=S(N1CC(c2cnccn2)SC(c2cccnn2)(C2CCCCO2)C1(N1CCOCC1)N1CCSCC1)N1CC(c2cnccn2)SC(c2cccnn2)(C2CCCCO2)C1(N1CCOCC1)N1CCSCC1. The molecule has 0 N–H and O–H groups in total. The maximum atomic E-state index is 18.7. The van der Waals surface area contributed by atoms with Gasteiger partial charge in [0.15, 0.2) is 22.7 Å². The summed E-state index contributed by atoms with van der Waals surface area (Å²) in [5.74, 6) is 1.42. The fraction of sp³-hybridized carbons (Fsp3) is 0.680. The van der Waals surface area contributed by atoms with Gasteiger partial charge in [0, 0.05) is 151 Å². The van der Waals surface area contributed by atoms with Gasteiger partial charge in [0.05, 0.1) is 71.9 Å². The summed E-state index contributed by atoms with van der Waals surface area (Å²) >= 11 is 5.70. The molecule has 19 nitrogen and oxygen atoms in total. The van der Waals surface area contributed by atoms with E-state index in [9.17, 15) is 0 Å². The third-order valence-electron chi connectivity index (χ3n) is 16.2. The van der Waals surface area contributed by atoms with Gasteiger partial charge in [-0.15, -0.1) is 23.5 Å². The van der Waals surface area contributed by atoms with Crippen molar-refractivity contribution in [3.8, 4) is 0 Å². The molecule has 0 bridgehead atoms. The van der Waals surface area contributed by atoms with Crippen molar-refractivity contribution in [1.82, 2.24) is 68.5 Å². The fourth-order valence-electron chi connectivity index (χ4n) is 13.3. The first-order chi connectivity index (χ1) is 36.6. The molecule has 0 radical (unpaired) electrons. The highest BCUT2D eigenvalue weighted by molar-refractivity contribution is 8.01. The van der Waals surface area contributed by atoms with Gasteiger partial charge in [0.25, 0.3) is 0 Å². The number of ether oxygens (including phenoxy) is 4. The molecule has 74 heavy (non-hydrogen) atoms. The van der Waals surface area contributed by atoms with E-state index in [0.29, 0.717) is 78.9 Å². The van der Waals surface area contributed by atoms with E-state index in [-0.39, 0.29) is 22.7 Å². The smallest absolute Gasteiger partial charge is 0.178 e. The molecule has 8 aliphatic rings. The Morgan fingerprint density at radius 3 is 1.32 bits per heavy atom. The molecule has 8 fully saturated rings. The highest BCUT2D eigenvalue weighted by atomic mass is 32.2. The second-order valence-electron chi connectivity index (χ2n) is 19.9. The van der Waals surface area contributed by atoms with E-state index in [1.807, 2.05) is 71.6 Å². The predicted octanol–water partition coefficient (Wildman–Crippen LogP) is 4.30. The average Bonchev–Trinajstić information content (AvgIpc) is 3.52. The largest absolute Gasteiger partial charge is 0.379 e. The normalized spacial score (nSPS) is 35.5. The van der Waals surface area contributed by atoms with E-state index in [2.05, 4.69) is 40.3 Å². The minimum atomic E-state index is -2.00. The molecule has 12 rings (SSSR count). The van der Waals surface area contributed by atoms with Crippen molar-refractivity contribution < 1.29 is 23.2 Å². The molecule has 12 heterocycles. The zero-order valence-corrected chi connectivity index (χ0v) is 46.0. The van der Waals surface area contributed by atoms with E-state index in [0.717, 1.165) is 110 Å². The fourth-order valence-corrected chi connectivity index (χ4v) is 21.4. The van der Waals surface area contributed by atoms with Crippen LogP contribution in [0.25, 0.3) is 0 Å². The van der Waals surface area contributed by atoms with Gasteiger partial charge in [-0.3, -0.25) is 39.5 Å². The maximum absolute atomic E-state index is 18.7. The molecule has 0 saturated carbocycles. The van der Waals surface area contributed by atoms with Crippen molar-refractivity contribution in [2.45, 2.75) is 82.3 Å². The van der Waals surface area contributed by atoms with Crippen LogP contribution < -0.4 is 0 Å². The monoisotopic (exact) mass is 1100 g/mol. The summed E-state index contributed by atoms with van der Waals surface area (Å²) in [5, 5.41) is 19.2. The standard InChI is InChI=1S/C50H68N14O5S5/c65-74(63-37-41(39-35-51-13-15-53-39)72-47(43-7-5-11-55-57-43,45-9-1-3-25-68-45)49(63,59-17-27-66-28-18-59)61-21-31-70-32-22-61)64-38-42(40-36-52-14-16-54-40)73-48(44-8-6-12-56-58-44,46-10-2-4-26-69-46)50(64,60-19-29-67-30-20-60)62-23-33-71-34-24-62/h5-8,11-16,35-36,41-42,45-46H,1-4,9-10,17-34,37-38H2. The molecule has 24 heteroatoms. The lowest BCUT2D eigenvalue weighted by Crippen LogP contribution is -2.87. The highest BCUT2D eigenvalue weighted by Crippen LogP contribution is 2.67. The predicted molar refractivity (Wildman–Crippen MR) is 289 cm³/mol. The summed E-state index contributed by atoms with van der Waals surface area (Å²) < 4.78 is 48.7. The molecule has 8 aliphatic heterocycles. The number of morpholine rings is 2. The maximum Gasteiger partial charge on any atom is 0.178 e. The molecule has 4 aromatic rings. The Morgan fingerprint density at radius 1 is 0.527 bits per heavy atom. The molecule has 398 valence electrons. The van der Waals surface area contributed by atoms with Crippen LogP contribution in [0, 0.1) is 0 Å². The van der Waals surface area contributed by atoms with Gasteiger partial charge < -0.3 is 18.9 Å². The molecule has 8 atom stereocenters. The third-order valence-corrected chi connectivity index (χ3v) is 23.2. The van der Waals surface area contributed by atoms with E-state index in [1.54, 1.807) is 37.2 Å². The number of hydrogen-bond acceptors (Lipinski definition) is 21. The highest BCUT2D eigenvalue weighted by Gasteiger charge is 2.76. The van der Waals surface area contributed by atoms with Crippen LogP contribution in [0.15, 0.2) is 73.8 Å². The second-order valence-corrected chi connectivity index (χ2v) is 26.6. The van der Waals surface area contributed by atoms with Crippen molar-refractivity contribution >= 4 is 58.2 Å². The Hall–Kier alpha value is -2.53. The summed E-state index contributed by atoms with van der Waals surface area (Å²) in [6, 6.07) is 8.33. The van der Waals surface area contributed by atoms with Gasteiger partial charge >= 0.3 is 0 Å². The lowest BCUT2D eigenvalue weighted by molar-refractivity contribution is -0.225. The molecular weight excluding hydrogens is 1040 g/mol. The molecule has 0 spiro atoms. The van der Waals surface area contributed by atoms with Crippen LogP contribution in [0.4, 0.5) is 0 Å². The van der Waals surface area contributed by atoms with E-state index in [1.165, 1.54) is 0 Å². The van der Waals surface area contributed by atoms with Gasteiger partial charge in [-0.1, -0.05) is 0 Å². The Bertz CT molecular complexity index is 2240. The number of rotatable bonds is 12. The van der Waals surface area contributed by atoms with Crippen molar-refractivity contribution in [3.05, 3.63) is 96.6 Å². The van der Waals surface area contributed by atoms with E-state index in [4.69, 9.17) is 59.3 Å².